The third kappa shape index (κ3) is 7.21. The molecule has 0 aliphatic heterocycles. The van der Waals surface area contributed by atoms with Gasteiger partial charge in [-0.05, 0) is 38.1 Å². The minimum Gasteiger partial charge on any atom is -0.544 e. The van der Waals surface area contributed by atoms with Crippen molar-refractivity contribution in [3.8, 4) is 0 Å². The van der Waals surface area contributed by atoms with Crippen molar-refractivity contribution >= 4 is 17.6 Å². The molecule has 1 rings (SSSR count). The van der Waals surface area contributed by atoms with Gasteiger partial charge in [0.2, 0.25) is 5.91 Å². The molecule has 0 saturated carbocycles. The molecule has 0 spiro atoms. The number of carbonyl (C=O) groups excluding carboxylic acids is 2. The van der Waals surface area contributed by atoms with Gasteiger partial charge in [-0.1, -0.05) is 0 Å². The van der Waals surface area contributed by atoms with Crippen molar-refractivity contribution in [3.05, 3.63) is 30.1 Å². The SMILES string of the molecule is CC[NH+](CC)CC[NH2+][C@@H](CC(=O)Nc1ccc(F)cc1)C(=O)[O-]. The lowest BCUT2D eigenvalue weighted by atomic mass is 10.2. The summed E-state index contributed by atoms with van der Waals surface area (Å²) in [4.78, 5) is 24.4. The Morgan fingerprint density at radius 2 is 1.87 bits per heavy atom. The van der Waals surface area contributed by atoms with Gasteiger partial charge in [0.1, 0.15) is 24.9 Å². The first-order valence-electron chi connectivity index (χ1n) is 7.89. The molecule has 0 fully saturated rings. The second kappa shape index (κ2) is 9.91. The van der Waals surface area contributed by atoms with Gasteiger partial charge in [0.05, 0.1) is 25.5 Å². The Morgan fingerprint density at radius 3 is 2.39 bits per heavy atom. The largest absolute Gasteiger partial charge is 0.544 e. The van der Waals surface area contributed by atoms with E-state index in [0.29, 0.717) is 12.2 Å². The lowest BCUT2D eigenvalue weighted by Crippen LogP contribution is -3.14. The molecule has 1 atom stereocenters. The lowest BCUT2D eigenvalue weighted by molar-refractivity contribution is -0.910. The minimum absolute atomic E-state index is 0.187. The molecular weight excluding hydrogens is 301 g/mol. The maximum absolute atomic E-state index is 12.8. The van der Waals surface area contributed by atoms with Crippen LogP contribution < -0.4 is 20.6 Å². The summed E-state index contributed by atoms with van der Waals surface area (Å²) in [6, 6.07) is 4.38. The zero-order chi connectivity index (χ0) is 17.2. The van der Waals surface area contributed by atoms with E-state index in [0.717, 1.165) is 19.6 Å². The number of halogens is 1. The highest BCUT2D eigenvalue weighted by atomic mass is 19.1. The van der Waals surface area contributed by atoms with Gasteiger partial charge in [0, 0.05) is 5.69 Å². The Bertz CT molecular complexity index is 504. The molecule has 7 heteroatoms. The van der Waals surface area contributed by atoms with Crippen LogP contribution in [0.25, 0.3) is 0 Å². The number of likely N-dealkylation sites (N-methyl/N-ethyl adjacent to an activating group) is 1. The van der Waals surface area contributed by atoms with Crippen molar-refractivity contribution in [2.24, 2.45) is 0 Å². The van der Waals surface area contributed by atoms with Crippen LogP contribution in [0.4, 0.5) is 10.1 Å². The van der Waals surface area contributed by atoms with E-state index in [2.05, 4.69) is 19.2 Å². The highest BCUT2D eigenvalue weighted by Gasteiger charge is 2.19. The molecule has 4 N–H and O–H groups in total. The van der Waals surface area contributed by atoms with Crippen LogP contribution in [0.3, 0.4) is 0 Å². The molecule has 1 aromatic carbocycles. The summed E-state index contributed by atoms with van der Waals surface area (Å²) < 4.78 is 12.8. The molecule has 23 heavy (non-hydrogen) atoms. The van der Waals surface area contributed by atoms with Crippen LogP contribution in [-0.2, 0) is 9.59 Å². The van der Waals surface area contributed by atoms with E-state index in [-0.39, 0.29) is 6.42 Å². The number of aliphatic carboxylic acids is 1. The van der Waals surface area contributed by atoms with Crippen molar-refractivity contribution < 1.29 is 29.3 Å². The molecule has 0 aliphatic rings. The highest BCUT2D eigenvalue weighted by molar-refractivity contribution is 5.93. The zero-order valence-electron chi connectivity index (χ0n) is 13.6. The molecule has 0 heterocycles. The first-order chi connectivity index (χ1) is 11.0. The zero-order valence-corrected chi connectivity index (χ0v) is 13.6. The quantitative estimate of drug-likeness (QED) is 0.454. The maximum Gasteiger partial charge on any atom is 0.230 e. The fourth-order valence-corrected chi connectivity index (χ4v) is 2.30. The van der Waals surface area contributed by atoms with Crippen LogP contribution in [0.2, 0.25) is 0 Å². The van der Waals surface area contributed by atoms with Crippen molar-refractivity contribution in [2.75, 3.05) is 31.5 Å². The normalized spacial score (nSPS) is 12.2. The monoisotopic (exact) mass is 326 g/mol. The third-order valence-electron chi connectivity index (χ3n) is 3.79. The lowest BCUT2D eigenvalue weighted by Gasteiger charge is -2.19. The number of quaternary nitrogens is 2. The first-order valence-corrected chi connectivity index (χ1v) is 7.89. The highest BCUT2D eigenvalue weighted by Crippen LogP contribution is 2.08. The van der Waals surface area contributed by atoms with E-state index >= 15 is 0 Å². The predicted octanol–water partition coefficient (Wildman–Crippen LogP) is -2.24. The Labute approximate surface area is 135 Å². The number of carboxylic acid groups (broad SMARTS) is 1. The fraction of sp³-hybridized carbons (Fsp3) is 0.500. The van der Waals surface area contributed by atoms with Crippen molar-refractivity contribution in [2.45, 2.75) is 26.3 Å². The number of benzene rings is 1. The number of amides is 1. The van der Waals surface area contributed by atoms with Crippen LogP contribution in [0, 0.1) is 5.82 Å². The summed E-state index contributed by atoms with van der Waals surface area (Å²) in [5, 5.41) is 15.4. The Hall–Kier alpha value is -1.99. The smallest absolute Gasteiger partial charge is 0.230 e. The summed E-state index contributed by atoms with van der Waals surface area (Å²) >= 11 is 0. The van der Waals surface area contributed by atoms with E-state index in [1.165, 1.54) is 29.2 Å². The molecule has 0 unspecified atom stereocenters. The minimum atomic E-state index is -1.26. The Balaban J connectivity index is 2.46. The van der Waals surface area contributed by atoms with Gasteiger partial charge in [-0.15, -0.1) is 0 Å². The van der Waals surface area contributed by atoms with Gasteiger partial charge < -0.3 is 25.4 Å². The van der Waals surface area contributed by atoms with Crippen LogP contribution in [0.5, 0.6) is 0 Å². The molecular formula is C16H25FN3O3+. The van der Waals surface area contributed by atoms with E-state index in [9.17, 15) is 19.1 Å². The van der Waals surface area contributed by atoms with Crippen LogP contribution in [-0.4, -0.2) is 44.1 Å². The van der Waals surface area contributed by atoms with E-state index in [1.807, 2.05) is 0 Å². The molecule has 0 aliphatic carbocycles. The second-order valence-corrected chi connectivity index (χ2v) is 5.42. The number of anilines is 1. The average molecular weight is 326 g/mol. The molecule has 0 radical (unpaired) electrons. The molecule has 128 valence electrons. The van der Waals surface area contributed by atoms with Crippen LogP contribution >= 0.6 is 0 Å². The topological polar surface area (TPSA) is 90.3 Å². The summed E-state index contributed by atoms with van der Waals surface area (Å²) in [5.41, 5.74) is 0.432. The molecule has 1 amide bonds. The number of rotatable bonds is 10. The number of nitrogens with two attached hydrogens (primary N) is 1. The number of hydrogen-bond donors (Lipinski definition) is 3. The Morgan fingerprint density at radius 1 is 1.26 bits per heavy atom. The molecule has 1 aromatic rings. The molecule has 0 saturated heterocycles. The van der Waals surface area contributed by atoms with Gasteiger partial charge in [0.15, 0.2) is 0 Å². The standard InChI is InChI=1S/C16H24FN3O3/c1-3-20(4-2)10-9-18-14(16(22)23)11-15(21)19-13-7-5-12(17)6-8-13/h5-8,14,18H,3-4,9-11H2,1-2H3,(H,19,21)(H,22,23)/p+1/t14-/m0/s1. The fourth-order valence-electron chi connectivity index (χ4n) is 2.30. The van der Waals surface area contributed by atoms with Gasteiger partial charge in [-0.25, -0.2) is 4.39 Å². The van der Waals surface area contributed by atoms with Gasteiger partial charge in [0.25, 0.3) is 0 Å². The molecule has 0 bridgehead atoms. The van der Waals surface area contributed by atoms with Crippen molar-refractivity contribution in [3.63, 3.8) is 0 Å². The van der Waals surface area contributed by atoms with Crippen molar-refractivity contribution in [1.82, 2.24) is 0 Å². The predicted molar refractivity (Wildman–Crippen MR) is 82.1 cm³/mol. The Kier molecular flexibility index (Phi) is 8.21. The number of carbonyl (C=O) groups is 2. The third-order valence-corrected chi connectivity index (χ3v) is 3.79. The summed E-state index contributed by atoms with van der Waals surface area (Å²) in [6.45, 7) is 7.54. The van der Waals surface area contributed by atoms with E-state index in [4.69, 9.17) is 0 Å². The molecule has 0 aromatic heterocycles. The van der Waals surface area contributed by atoms with Gasteiger partial charge in [-0.2, -0.15) is 0 Å². The first kappa shape index (κ1) is 19.1. The average Bonchev–Trinajstić information content (AvgIpc) is 2.52. The van der Waals surface area contributed by atoms with Gasteiger partial charge >= 0.3 is 0 Å². The number of hydrogen-bond acceptors (Lipinski definition) is 3. The molecule has 6 nitrogen and oxygen atoms in total. The summed E-state index contributed by atoms with van der Waals surface area (Å²) in [7, 11) is 0. The van der Waals surface area contributed by atoms with E-state index in [1.54, 1.807) is 5.32 Å². The van der Waals surface area contributed by atoms with Crippen LogP contribution in [0.15, 0.2) is 24.3 Å². The van der Waals surface area contributed by atoms with E-state index < -0.39 is 23.7 Å². The summed E-state index contributed by atoms with van der Waals surface area (Å²) in [5.74, 6) is -2.09. The van der Waals surface area contributed by atoms with Crippen LogP contribution in [0.1, 0.15) is 20.3 Å². The number of nitrogens with one attached hydrogen (secondary N) is 2. The number of carboxylic acids is 1. The van der Waals surface area contributed by atoms with Crippen molar-refractivity contribution in [1.29, 1.82) is 0 Å². The van der Waals surface area contributed by atoms with Gasteiger partial charge in [-0.3, -0.25) is 4.79 Å². The summed E-state index contributed by atoms with van der Waals surface area (Å²) in [6.07, 6.45) is -0.187. The second-order valence-electron chi connectivity index (χ2n) is 5.42. The maximum atomic E-state index is 12.8.